The normalized spacial score (nSPS) is 14.1. The largest absolute Gasteiger partial charge is 0.341 e. The smallest absolute Gasteiger partial charge is 0.222 e. The minimum absolute atomic E-state index is 0.196. The molecule has 0 radical (unpaired) electrons. The van der Waals surface area contributed by atoms with Gasteiger partial charge in [-0.15, -0.1) is 0 Å². The van der Waals surface area contributed by atoms with Crippen LogP contribution in [0.15, 0.2) is 54.9 Å². The summed E-state index contributed by atoms with van der Waals surface area (Å²) in [5, 5.41) is 0. The van der Waals surface area contributed by atoms with Crippen LogP contribution >= 0.6 is 0 Å². The molecule has 0 bridgehead atoms. The number of aromatic nitrogens is 2. The third kappa shape index (κ3) is 3.50. The van der Waals surface area contributed by atoms with Crippen molar-refractivity contribution in [1.29, 1.82) is 0 Å². The summed E-state index contributed by atoms with van der Waals surface area (Å²) in [5.74, 6) is -0.0624. The zero-order valence-electron chi connectivity index (χ0n) is 15.4. The van der Waals surface area contributed by atoms with Gasteiger partial charge in [0.1, 0.15) is 5.82 Å². The van der Waals surface area contributed by atoms with Gasteiger partial charge in [0.2, 0.25) is 5.91 Å². The lowest BCUT2D eigenvalue weighted by atomic mass is 10.0. The molecule has 4 nitrogen and oxygen atoms in total. The Hall–Kier alpha value is -2.95. The fourth-order valence-electron chi connectivity index (χ4n) is 3.62. The quantitative estimate of drug-likeness (QED) is 0.678. The van der Waals surface area contributed by atoms with E-state index in [4.69, 9.17) is 0 Å². The van der Waals surface area contributed by atoms with E-state index in [9.17, 15) is 9.18 Å². The Kier molecular flexibility index (Phi) is 4.75. The van der Waals surface area contributed by atoms with E-state index in [1.807, 2.05) is 58.9 Å². The number of carbonyl (C=O) groups is 1. The molecule has 4 rings (SSSR count). The molecular formula is C22H22FN3O. The van der Waals surface area contributed by atoms with Gasteiger partial charge in [0.15, 0.2) is 0 Å². The summed E-state index contributed by atoms with van der Waals surface area (Å²) in [5.41, 5.74) is 3.87. The van der Waals surface area contributed by atoms with Gasteiger partial charge in [0.05, 0.1) is 17.7 Å². The van der Waals surface area contributed by atoms with Gasteiger partial charge < -0.3 is 9.47 Å². The third-order valence-electron chi connectivity index (χ3n) is 5.05. The maximum absolute atomic E-state index is 14.8. The number of hydrogen-bond acceptors (Lipinski definition) is 2. The van der Waals surface area contributed by atoms with Crippen molar-refractivity contribution in [2.45, 2.75) is 26.3 Å². The van der Waals surface area contributed by atoms with Crippen molar-refractivity contribution in [3.05, 3.63) is 66.2 Å². The first-order valence-electron chi connectivity index (χ1n) is 9.28. The van der Waals surface area contributed by atoms with E-state index in [0.29, 0.717) is 25.1 Å². The topological polar surface area (TPSA) is 38.1 Å². The van der Waals surface area contributed by atoms with Gasteiger partial charge in [0, 0.05) is 37.2 Å². The predicted octanol–water partition coefficient (Wildman–Crippen LogP) is 4.29. The number of rotatable bonds is 5. The van der Waals surface area contributed by atoms with Gasteiger partial charge in [-0.1, -0.05) is 36.4 Å². The fraction of sp³-hybridized carbons (Fsp3) is 0.273. The number of benzene rings is 2. The number of aryl methyl sites for hydroxylation is 1. The Morgan fingerprint density at radius 1 is 1.11 bits per heavy atom. The monoisotopic (exact) mass is 363 g/mol. The van der Waals surface area contributed by atoms with Crippen LogP contribution in [0.4, 0.5) is 4.39 Å². The van der Waals surface area contributed by atoms with Crippen molar-refractivity contribution in [1.82, 2.24) is 14.5 Å². The summed E-state index contributed by atoms with van der Waals surface area (Å²) < 4.78 is 16.7. The Morgan fingerprint density at radius 3 is 2.63 bits per heavy atom. The van der Waals surface area contributed by atoms with Crippen LogP contribution in [0.3, 0.4) is 0 Å². The Balaban J connectivity index is 1.75. The first-order chi connectivity index (χ1) is 13.1. The number of imidazole rings is 1. The highest BCUT2D eigenvalue weighted by Crippen LogP contribution is 2.33. The Morgan fingerprint density at radius 2 is 1.93 bits per heavy atom. The average molecular weight is 363 g/mol. The van der Waals surface area contributed by atoms with Gasteiger partial charge in [-0.05, 0) is 31.0 Å². The van der Waals surface area contributed by atoms with Crippen LogP contribution in [-0.4, -0.2) is 33.4 Å². The lowest BCUT2D eigenvalue weighted by molar-refractivity contribution is -0.127. The van der Waals surface area contributed by atoms with Crippen molar-refractivity contribution in [3.63, 3.8) is 0 Å². The zero-order chi connectivity index (χ0) is 18.8. The second kappa shape index (κ2) is 7.35. The average Bonchev–Trinajstić information content (AvgIpc) is 3.27. The summed E-state index contributed by atoms with van der Waals surface area (Å²) >= 11 is 0. The van der Waals surface area contributed by atoms with Gasteiger partial charge in [-0.3, -0.25) is 4.79 Å². The van der Waals surface area contributed by atoms with E-state index < -0.39 is 0 Å². The van der Waals surface area contributed by atoms with Crippen LogP contribution in [0.25, 0.3) is 22.5 Å². The van der Waals surface area contributed by atoms with Gasteiger partial charge >= 0.3 is 0 Å². The molecule has 1 aliphatic heterocycles. The highest BCUT2D eigenvalue weighted by atomic mass is 19.1. The molecule has 0 N–H and O–H groups in total. The molecule has 1 amide bonds. The minimum Gasteiger partial charge on any atom is -0.341 e. The van der Waals surface area contributed by atoms with Crippen LogP contribution in [-0.2, 0) is 11.3 Å². The van der Waals surface area contributed by atoms with E-state index in [1.165, 1.54) is 0 Å². The van der Waals surface area contributed by atoms with Crippen molar-refractivity contribution >= 4 is 5.91 Å². The van der Waals surface area contributed by atoms with Crippen molar-refractivity contribution in [2.24, 2.45) is 0 Å². The molecule has 1 saturated heterocycles. The Labute approximate surface area is 158 Å². The summed E-state index contributed by atoms with van der Waals surface area (Å²) in [6.07, 6.45) is 3.29. The molecule has 2 aromatic carbocycles. The number of amides is 1. The molecule has 1 aromatic heterocycles. The number of nitrogens with zero attached hydrogens (tertiary/aromatic N) is 3. The van der Waals surface area contributed by atoms with Gasteiger partial charge in [-0.2, -0.15) is 0 Å². The third-order valence-corrected chi connectivity index (χ3v) is 5.05. The van der Waals surface area contributed by atoms with E-state index in [2.05, 4.69) is 4.98 Å². The molecule has 0 unspecified atom stereocenters. The summed E-state index contributed by atoms with van der Waals surface area (Å²) in [7, 11) is 0. The van der Waals surface area contributed by atoms with Crippen LogP contribution in [0, 0.1) is 12.7 Å². The maximum atomic E-state index is 14.8. The molecular weight excluding hydrogens is 341 g/mol. The molecule has 3 aromatic rings. The first kappa shape index (κ1) is 17.5. The second-order valence-electron chi connectivity index (χ2n) is 6.97. The standard InChI is InChI=1S/C22H22FN3O/c1-16-9-10-18(19(23)14-16)22-21(17-6-3-2-4-7-17)24-15-26(22)13-12-25-11-5-8-20(25)27/h2-4,6-7,9-10,14-15H,5,8,11-13H2,1H3. The highest BCUT2D eigenvalue weighted by Gasteiger charge is 2.22. The molecule has 5 heteroatoms. The number of likely N-dealkylation sites (tertiary alicyclic amines) is 1. The molecule has 0 aliphatic carbocycles. The molecule has 0 saturated carbocycles. The van der Waals surface area contributed by atoms with Gasteiger partial charge in [-0.25, -0.2) is 9.37 Å². The van der Waals surface area contributed by atoms with E-state index in [1.54, 1.807) is 12.4 Å². The molecule has 2 heterocycles. The van der Waals surface area contributed by atoms with Gasteiger partial charge in [0.25, 0.3) is 0 Å². The second-order valence-corrected chi connectivity index (χ2v) is 6.97. The number of halogens is 1. The highest BCUT2D eigenvalue weighted by molar-refractivity contribution is 5.79. The number of hydrogen-bond donors (Lipinski definition) is 0. The van der Waals surface area contributed by atoms with Crippen molar-refractivity contribution in [2.75, 3.05) is 13.1 Å². The zero-order valence-corrected chi connectivity index (χ0v) is 15.4. The Bertz CT molecular complexity index is 965. The van der Waals surface area contributed by atoms with Crippen LogP contribution < -0.4 is 0 Å². The fourth-order valence-corrected chi connectivity index (χ4v) is 3.62. The van der Waals surface area contributed by atoms with Crippen LogP contribution in [0.5, 0.6) is 0 Å². The molecule has 0 spiro atoms. The summed E-state index contributed by atoms with van der Waals surface area (Å²) in [6, 6.07) is 15.1. The van der Waals surface area contributed by atoms with Crippen molar-refractivity contribution < 1.29 is 9.18 Å². The predicted molar refractivity (Wildman–Crippen MR) is 104 cm³/mol. The van der Waals surface area contributed by atoms with E-state index >= 15 is 0 Å². The number of carbonyl (C=O) groups excluding carboxylic acids is 1. The summed E-state index contributed by atoms with van der Waals surface area (Å²) in [6.45, 7) is 3.88. The van der Waals surface area contributed by atoms with Crippen molar-refractivity contribution in [3.8, 4) is 22.5 Å². The van der Waals surface area contributed by atoms with E-state index in [0.717, 1.165) is 35.5 Å². The summed E-state index contributed by atoms with van der Waals surface area (Å²) in [4.78, 5) is 18.4. The van der Waals surface area contributed by atoms with E-state index in [-0.39, 0.29) is 11.7 Å². The molecule has 0 atom stereocenters. The lowest BCUT2D eigenvalue weighted by Gasteiger charge is -2.17. The SMILES string of the molecule is Cc1ccc(-c2c(-c3ccccc3)ncn2CCN2CCCC2=O)c(F)c1. The molecule has 1 aliphatic rings. The maximum Gasteiger partial charge on any atom is 0.222 e. The first-order valence-corrected chi connectivity index (χ1v) is 9.28. The van der Waals surface area contributed by atoms with Crippen LogP contribution in [0.1, 0.15) is 18.4 Å². The molecule has 27 heavy (non-hydrogen) atoms. The molecule has 138 valence electrons. The lowest BCUT2D eigenvalue weighted by Crippen LogP contribution is -2.28. The molecule has 1 fully saturated rings. The van der Waals surface area contributed by atoms with Crippen LogP contribution in [0.2, 0.25) is 0 Å². The minimum atomic E-state index is -0.258.